The summed E-state index contributed by atoms with van der Waals surface area (Å²) in [6, 6.07) is -1.32. The molecule has 2 atom stereocenters. The number of unbranched alkanes of at least 4 members (excludes halogenated alkanes) is 16. The molecular weight excluding hydrogens is 446 g/mol. The van der Waals surface area contributed by atoms with Crippen molar-refractivity contribution in [2.75, 3.05) is 18.8 Å². The molecule has 0 saturated carbocycles. The molecule has 0 heterocycles. The minimum absolute atomic E-state index is 0.286. The summed E-state index contributed by atoms with van der Waals surface area (Å²) in [6.45, 7) is 3.55. The standard InChI is InChI=1S/C27H55N3O3S/c1-2-3-4-5-6-7-8-9-10-11-12-13-14-15-16-19-22-29-25(23-34)26(31)30-24(27(32)33)20-17-18-21-28/h24-25,29,34H,2-23,28H2,1H3,(H,30,31)(H,32,33)/t24-,25+/m1/s1. The Morgan fingerprint density at radius 2 is 1.21 bits per heavy atom. The number of hydrogen-bond acceptors (Lipinski definition) is 5. The number of amides is 1. The van der Waals surface area contributed by atoms with E-state index in [0.29, 0.717) is 25.1 Å². The molecular formula is C27H55N3O3S. The van der Waals surface area contributed by atoms with Crippen LogP contribution in [0.2, 0.25) is 0 Å². The molecule has 0 aromatic carbocycles. The van der Waals surface area contributed by atoms with Crippen LogP contribution in [0.15, 0.2) is 0 Å². The number of nitrogens with one attached hydrogen (secondary N) is 2. The highest BCUT2D eigenvalue weighted by atomic mass is 32.1. The first-order valence-electron chi connectivity index (χ1n) is 14.1. The van der Waals surface area contributed by atoms with Crippen molar-refractivity contribution < 1.29 is 14.7 Å². The van der Waals surface area contributed by atoms with Gasteiger partial charge in [0.15, 0.2) is 0 Å². The van der Waals surface area contributed by atoms with Crippen molar-refractivity contribution in [1.29, 1.82) is 0 Å². The Labute approximate surface area is 215 Å². The van der Waals surface area contributed by atoms with Crippen LogP contribution in [0.3, 0.4) is 0 Å². The predicted octanol–water partition coefficient (Wildman–Crippen LogP) is 5.83. The maximum atomic E-state index is 12.4. The average molecular weight is 502 g/mol. The van der Waals surface area contributed by atoms with Crippen molar-refractivity contribution in [3.63, 3.8) is 0 Å². The third-order valence-corrected chi connectivity index (χ3v) is 6.85. The fourth-order valence-electron chi connectivity index (χ4n) is 4.21. The molecule has 34 heavy (non-hydrogen) atoms. The minimum Gasteiger partial charge on any atom is -0.480 e. The minimum atomic E-state index is -0.999. The smallest absolute Gasteiger partial charge is 0.326 e. The Kier molecular flexibility index (Phi) is 24.7. The Balaban J connectivity index is 3.64. The Hall–Kier alpha value is -0.790. The van der Waals surface area contributed by atoms with Gasteiger partial charge in [-0.05, 0) is 38.8 Å². The predicted molar refractivity (Wildman–Crippen MR) is 148 cm³/mol. The van der Waals surface area contributed by atoms with E-state index in [0.717, 1.165) is 25.8 Å². The van der Waals surface area contributed by atoms with Crippen LogP contribution in [0.4, 0.5) is 0 Å². The Bertz CT molecular complexity index is 480. The maximum absolute atomic E-state index is 12.4. The van der Waals surface area contributed by atoms with Gasteiger partial charge >= 0.3 is 5.97 Å². The van der Waals surface area contributed by atoms with E-state index in [1.54, 1.807) is 0 Å². The van der Waals surface area contributed by atoms with Gasteiger partial charge in [-0.25, -0.2) is 4.79 Å². The molecule has 0 aromatic heterocycles. The van der Waals surface area contributed by atoms with Gasteiger partial charge in [0.2, 0.25) is 5.91 Å². The largest absolute Gasteiger partial charge is 0.480 e. The van der Waals surface area contributed by atoms with E-state index in [-0.39, 0.29) is 5.91 Å². The van der Waals surface area contributed by atoms with Crippen molar-refractivity contribution in [1.82, 2.24) is 10.6 Å². The summed E-state index contributed by atoms with van der Waals surface area (Å²) in [5.74, 6) is -0.937. The number of thiol groups is 1. The van der Waals surface area contributed by atoms with Gasteiger partial charge < -0.3 is 21.5 Å². The molecule has 0 unspecified atom stereocenters. The van der Waals surface area contributed by atoms with Crippen molar-refractivity contribution in [3.8, 4) is 0 Å². The number of carbonyl (C=O) groups excluding carboxylic acids is 1. The molecule has 1 amide bonds. The molecule has 0 fully saturated rings. The molecule has 0 aromatic rings. The second kappa shape index (κ2) is 25.3. The molecule has 7 heteroatoms. The number of carbonyl (C=O) groups is 2. The maximum Gasteiger partial charge on any atom is 0.326 e. The zero-order valence-electron chi connectivity index (χ0n) is 22.0. The van der Waals surface area contributed by atoms with Gasteiger partial charge in [0, 0.05) is 5.75 Å². The molecule has 0 aliphatic rings. The Morgan fingerprint density at radius 1 is 0.735 bits per heavy atom. The highest BCUT2D eigenvalue weighted by Gasteiger charge is 2.23. The number of carboxylic acid groups (broad SMARTS) is 1. The highest BCUT2D eigenvalue weighted by molar-refractivity contribution is 7.80. The molecule has 0 spiro atoms. The summed E-state index contributed by atoms with van der Waals surface area (Å²) in [7, 11) is 0. The lowest BCUT2D eigenvalue weighted by Crippen LogP contribution is -2.51. The third-order valence-electron chi connectivity index (χ3n) is 6.48. The fourth-order valence-corrected chi connectivity index (χ4v) is 4.51. The number of hydrogen-bond donors (Lipinski definition) is 5. The molecule has 6 nitrogen and oxygen atoms in total. The van der Waals surface area contributed by atoms with Crippen LogP contribution >= 0.6 is 12.6 Å². The lowest BCUT2D eigenvalue weighted by molar-refractivity contribution is -0.142. The number of nitrogens with two attached hydrogens (primary N) is 1. The highest BCUT2D eigenvalue weighted by Crippen LogP contribution is 2.13. The van der Waals surface area contributed by atoms with E-state index >= 15 is 0 Å². The quantitative estimate of drug-likeness (QED) is 0.0757. The SMILES string of the molecule is CCCCCCCCCCCCCCCCCCN[C@@H](CS)C(=O)N[C@H](CCCCN)C(=O)O. The first-order valence-corrected chi connectivity index (χ1v) is 14.8. The van der Waals surface area contributed by atoms with Gasteiger partial charge in [0.05, 0.1) is 6.04 Å². The second-order valence-corrected chi connectivity index (χ2v) is 10.0. The fraction of sp³-hybridized carbons (Fsp3) is 0.926. The molecule has 0 aliphatic heterocycles. The average Bonchev–Trinajstić information content (AvgIpc) is 2.82. The van der Waals surface area contributed by atoms with Gasteiger partial charge in [-0.3, -0.25) is 4.79 Å². The zero-order valence-corrected chi connectivity index (χ0v) is 22.9. The van der Waals surface area contributed by atoms with E-state index in [1.165, 1.54) is 89.9 Å². The van der Waals surface area contributed by atoms with E-state index in [2.05, 4.69) is 30.2 Å². The van der Waals surface area contributed by atoms with Crippen LogP contribution in [0, 0.1) is 0 Å². The molecule has 202 valence electrons. The summed E-state index contributed by atoms with van der Waals surface area (Å²) >= 11 is 4.26. The van der Waals surface area contributed by atoms with E-state index in [1.807, 2.05) is 0 Å². The van der Waals surface area contributed by atoms with Crippen LogP contribution < -0.4 is 16.4 Å². The normalized spacial score (nSPS) is 13.0. The van der Waals surface area contributed by atoms with E-state index in [9.17, 15) is 14.7 Å². The number of aliphatic carboxylic acids is 1. The summed E-state index contributed by atoms with van der Waals surface area (Å²) in [5, 5.41) is 15.2. The van der Waals surface area contributed by atoms with Crippen LogP contribution in [-0.2, 0) is 9.59 Å². The molecule has 0 radical (unpaired) electrons. The third kappa shape index (κ3) is 20.6. The Morgan fingerprint density at radius 3 is 1.62 bits per heavy atom. The van der Waals surface area contributed by atoms with Crippen LogP contribution in [0.5, 0.6) is 0 Å². The monoisotopic (exact) mass is 501 g/mol. The van der Waals surface area contributed by atoms with E-state index < -0.39 is 18.1 Å². The number of carboxylic acids is 1. The molecule has 5 N–H and O–H groups in total. The van der Waals surface area contributed by atoms with Crippen LogP contribution in [-0.4, -0.2) is 47.9 Å². The molecule has 0 bridgehead atoms. The van der Waals surface area contributed by atoms with Crippen molar-refractivity contribution in [2.45, 2.75) is 141 Å². The van der Waals surface area contributed by atoms with Gasteiger partial charge in [0.1, 0.15) is 6.04 Å². The van der Waals surface area contributed by atoms with Gasteiger partial charge in [-0.2, -0.15) is 12.6 Å². The van der Waals surface area contributed by atoms with Gasteiger partial charge in [-0.15, -0.1) is 0 Å². The first kappa shape index (κ1) is 33.2. The molecule has 0 saturated heterocycles. The lowest BCUT2D eigenvalue weighted by atomic mass is 10.0. The summed E-state index contributed by atoms with van der Waals surface area (Å²) in [4.78, 5) is 23.8. The first-order chi connectivity index (χ1) is 16.6. The second-order valence-electron chi connectivity index (χ2n) is 9.68. The van der Waals surface area contributed by atoms with Gasteiger partial charge in [0.25, 0.3) is 0 Å². The number of rotatable bonds is 26. The van der Waals surface area contributed by atoms with Crippen molar-refractivity contribution >= 4 is 24.5 Å². The van der Waals surface area contributed by atoms with Crippen LogP contribution in [0.1, 0.15) is 129 Å². The van der Waals surface area contributed by atoms with Crippen molar-refractivity contribution in [2.24, 2.45) is 5.73 Å². The van der Waals surface area contributed by atoms with Gasteiger partial charge in [-0.1, -0.05) is 103 Å². The summed E-state index contributed by atoms with van der Waals surface area (Å²) in [5.41, 5.74) is 5.46. The summed E-state index contributed by atoms with van der Waals surface area (Å²) in [6.07, 6.45) is 23.2. The molecule has 0 aliphatic carbocycles. The van der Waals surface area contributed by atoms with Crippen LogP contribution in [0.25, 0.3) is 0 Å². The summed E-state index contributed by atoms with van der Waals surface area (Å²) < 4.78 is 0. The van der Waals surface area contributed by atoms with E-state index in [4.69, 9.17) is 5.73 Å². The molecule has 0 rings (SSSR count). The lowest BCUT2D eigenvalue weighted by Gasteiger charge is -2.20. The zero-order chi connectivity index (χ0) is 25.3. The van der Waals surface area contributed by atoms with Crippen molar-refractivity contribution in [3.05, 3.63) is 0 Å². The topological polar surface area (TPSA) is 104 Å².